The zero-order chi connectivity index (χ0) is 16.8. The van der Waals surface area contributed by atoms with E-state index in [9.17, 15) is 0 Å². The molecule has 1 aromatic carbocycles. The number of aromatic nitrogens is 1. The van der Waals surface area contributed by atoms with E-state index in [4.69, 9.17) is 9.47 Å². The minimum Gasteiger partial charge on any atom is -0.497 e. The Morgan fingerprint density at radius 1 is 0.917 bits per heavy atom. The summed E-state index contributed by atoms with van der Waals surface area (Å²) in [4.78, 5) is 7.67. The van der Waals surface area contributed by atoms with Crippen LogP contribution in [-0.4, -0.2) is 45.4 Å². The van der Waals surface area contributed by atoms with Crippen LogP contribution in [0.4, 0.5) is 0 Å². The number of nitrogens with one attached hydrogen (secondary N) is 2. The lowest BCUT2D eigenvalue weighted by Gasteiger charge is -2.29. The molecule has 0 radical (unpaired) electrons. The minimum absolute atomic E-state index is 0.893. The van der Waals surface area contributed by atoms with Crippen LogP contribution in [0.3, 0.4) is 0 Å². The van der Waals surface area contributed by atoms with Crippen LogP contribution in [0, 0.1) is 0 Å². The van der Waals surface area contributed by atoms with Gasteiger partial charge in [0.1, 0.15) is 50.8 Å². The summed E-state index contributed by atoms with van der Waals surface area (Å²) in [5.74, 6) is 1.84. The zero-order valence-electron chi connectivity index (χ0n) is 14.5. The lowest BCUT2D eigenvalue weighted by atomic mass is 10.1. The fraction of sp³-hybridized carbons (Fsp3) is 0.421. The Balaban J connectivity index is 1.55. The van der Waals surface area contributed by atoms with Crippen LogP contribution in [-0.2, 0) is 13.1 Å². The van der Waals surface area contributed by atoms with Crippen LogP contribution in [0.15, 0.2) is 42.6 Å². The molecule has 128 valence electrons. The Hall–Kier alpha value is -2.11. The van der Waals surface area contributed by atoms with Gasteiger partial charge in [-0.25, -0.2) is 0 Å². The average Bonchev–Trinajstić information content (AvgIpc) is 2.64. The third-order valence-electron chi connectivity index (χ3n) is 4.75. The van der Waals surface area contributed by atoms with Crippen molar-refractivity contribution in [2.24, 2.45) is 0 Å². The molecule has 2 heterocycles. The summed E-state index contributed by atoms with van der Waals surface area (Å²) >= 11 is 0. The highest BCUT2D eigenvalue weighted by Gasteiger charge is 2.24. The van der Waals surface area contributed by atoms with Crippen LogP contribution in [0.2, 0.25) is 0 Å². The Bertz CT molecular complexity index is 640. The summed E-state index contributed by atoms with van der Waals surface area (Å²) in [7, 11) is 3.44. The fourth-order valence-corrected chi connectivity index (χ4v) is 3.36. The molecule has 0 saturated carbocycles. The molecule has 2 N–H and O–H groups in total. The number of pyridine rings is 1. The van der Waals surface area contributed by atoms with Gasteiger partial charge in [0.25, 0.3) is 0 Å². The highest BCUT2D eigenvalue weighted by molar-refractivity contribution is 5.39. The van der Waals surface area contributed by atoms with E-state index in [0.717, 1.165) is 24.6 Å². The van der Waals surface area contributed by atoms with Gasteiger partial charge in [0, 0.05) is 6.20 Å². The second-order valence-corrected chi connectivity index (χ2v) is 6.35. The molecular weight excluding hydrogens is 302 g/mol. The topological polar surface area (TPSA) is 40.2 Å². The first-order valence-electron chi connectivity index (χ1n) is 8.56. The van der Waals surface area contributed by atoms with Gasteiger partial charge in [-0.1, -0.05) is 6.07 Å². The average molecular weight is 329 g/mol. The summed E-state index contributed by atoms with van der Waals surface area (Å²) in [5, 5.41) is 0. The maximum absolute atomic E-state index is 5.50. The molecule has 1 fully saturated rings. The maximum Gasteiger partial charge on any atom is 0.127 e. The zero-order valence-corrected chi connectivity index (χ0v) is 14.5. The lowest BCUT2D eigenvalue weighted by molar-refractivity contribution is -1.02. The van der Waals surface area contributed by atoms with Gasteiger partial charge >= 0.3 is 0 Å². The molecule has 2 aromatic rings. The summed E-state index contributed by atoms with van der Waals surface area (Å²) in [6, 6.07) is 12.2. The SMILES string of the molecule is COc1ccc(OC)c(C[NH+]2CC[NH+](Cc3ccccn3)CC2)c1. The van der Waals surface area contributed by atoms with Crippen LogP contribution in [0.25, 0.3) is 0 Å². The van der Waals surface area contributed by atoms with E-state index in [0.29, 0.717) is 0 Å². The summed E-state index contributed by atoms with van der Waals surface area (Å²) < 4.78 is 10.9. The van der Waals surface area contributed by atoms with E-state index in [1.54, 1.807) is 24.0 Å². The van der Waals surface area contributed by atoms with Crippen LogP contribution in [0.5, 0.6) is 11.5 Å². The maximum atomic E-state index is 5.50. The van der Waals surface area contributed by atoms with Crippen LogP contribution < -0.4 is 19.3 Å². The molecule has 3 rings (SSSR count). The normalized spacial score (nSPS) is 20.6. The van der Waals surface area contributed by atoms with Gasteiger partial charge in [-0.2, -0.15) is 0 Å². The predicted octanol–water partition coefficient (Wildman–Crippen LogP) is -0.418. The van der Waals surface area contributed by atoms with E-state index in [1.807, 2.05) is 24.4 Å². The van der Waals surface area contributed by atoms with Gasteiger partial charge in [-0.3, -0.25) is 4.98 Å². The number of piperazine rings is 1. The van der Waals surface area contributed by atoms with E-state index >= 15 is 0 Å². The van der Waals surface area contributed by atoms with Crippen molar-refractivity contribution in [1.29, 1.82) is 0 Å². The fourth-order valence-electron chi connectivity index (χ4n) is 3.36. The Morgan fingerprint density at radius 2 is 1.67 bits per heavy atom. The van der Waals surface area contributed by atoms with Gasteiger partial charge < -0.3 is 19.3 Å². The predicted molar refractivity (Wildman–Crippen MR) is 92.6 cm³/mol. The second-order valence-electron chi connectivity index (χ2n) is 6.35. The van der Waals surface area contributed by atoms with Crippen molar-refractivity contribution in [3.8, 4) is 11.5 Å². The van der Waals surface area contributed by atoms with Gasteiger partial charge in [0.15, 0.2) is 0 Å². The molecule has 1 aliphatic rings. The van der Waals surface area contributed by atoms with Crippen molar-refractivity contribution in [2.45, 2.75) is 13.1 Å². The van der Waals surface area contributed by atoms with Gasteiger partial charge in [0.05, 0.1) is 25.5 Å². The highest BCUT2D eigenvalue weighted by Crippen LogP contribution is 2.23. The molecule has 0 aliphatic carbocycles. The highest BCUT2D eigenvalue weighted by atomic mass is 16.5. The van der Waals surface area contributed by atoms with E-state index in [2.05, 4.69) is 23.2 Å². The van der Waals surface area contributed by atoms with Gasteiger partial charge in [-0.15, -0.1) is 0 Å². The molecule has 5 nitrogen and oxygen atoms in total. The molecule has 24 heavy (non-hydrogen) atoms. The molecule has 0 bridgehead atoms. The van der Waals surface area contributed by atoms with Crippen LogP contribution >= 0.6 is 0 Å². The number of rotatable bonds is 6. The van der Waals surface area contributed by atoms with Crippen molar-refractivity contribution in [3.05, 3.63) is 53.9 Å². The Labute approximate surface area is 143 Å². The first-order chi connectivity index (χ1) is 11.8. The monoisotopic (exact) mass is 329 g/mol. The summed E-state index contributed by atoms with van der Waals surface area (Å²) in [5.41, 5.74) is 2.41. The van der Waals surface area contributed by atoms with Crippen molar-refractivity contribution in [1.82, 2.24) is 4.98 Å². The van der Waals surface area contributed by atoms with Crippen LogP contribution in [0.1, 0.15) is 11.3 Å². The Morgan fingerprint density at radius 3 is 2.29 bits per heavy atom. The third kappa shape index (κ3) is 4.24. The van der Waals surface area contributed by atoms with E-state index in [-0.39, 0.29) is 0 Å². The number of hydrogen-bond acceptors (Lipinski definition) is 3. The molecule has 1 aliphatic heterocycles. The molecule has 0 atom stereocenters. The summed E-state index contributed by atoms with van der Waals surface area (Å²) in [6.07, 6.45) is 1.88. The molecule has 0 unspecified atom stereocenters. The molecular formula is C19H27N3O2+2. The third-order valence-corrected chi connectivity index (χ3v) is 4.75. The number of nitrogens with zero attached hydrogens (tertiary/aromatic N) is 1. The number of ether oxygens (including phenoxy) is 2. The minimum atomic E-state index is 0.893. The van der Waals surface area contributed by atoms with Crippen molar-refractivity contribution >= 4 is 0 Å². The largest absolute Gasteiger partial charge is 0.497 e. The van der Waals surface area contributed by atoms with Gasteiger partial charge in [-0.05, 0) is 30.3 Å². The first-order valence-corrected chi connectivity index (χ1v) is 8.56. The quantitative estimate of drug-likeness (QED) is 0.756. The van der Waals surface area contributed by atoms with Crippen molar-refractivity contribution < 1.29 is 19.3 Å². The number of quaternary nitrogens is 2. The molecule has 0 amide bonds. The Kier molecular flexibility index (Phi) is 5.67. The van der Waals surface area contributed by atoms with E-state index < -0.39 is 0 Å². The molecule has 1 aromatic heterocycles. The van der Waals surface area contributed by atoms with Crippen molar-refractivity contribution in [2.75, 3.05) is 40.4 Å². The lowest BCUT2D eigenvalue weighted by Crippen LogP contribution is -3.27. The number of hydrogen-bond donors (Lipinski definition) is 2. The molecule has 0 spiro atoms. The van der Waals surface area contributed by atoms with Gasteiger partial charge in [0.2, 0.25) is 0 Å². The first kappa shape index (κ1) is 16.7. The van der Waals surface area contributed by atoms with Crippen molar-refractivity contribution in [3.63, 3.8) is 0 Å². The standard InChI is InChI=1S/C19H25N3O2/c1-23-18-6-7-19(24-2)16(13-18)14-21-9-11-22(12-10-21)15-17-5-3-4-8-20-17/h3-8,13H,9-12,14-15H2,1-2H3/p+2. The molecule has 1 saturated heterocycles. The molecule has 5 heteroatoms. The number of benzene rings is 1. The van der Waals surface area contributed by atoms with E-state index in [1.165, 1.54) is 37.4 Å². The smallest absolute Gasteiger partial charge is 0.127 e. The summed E-state index contributed by atoms with van der Waals surface area (Å²) in [6.45, 7) is 6.70. The second kappa shape index (κ2) is 8.13. The number of methoxy groups -OCH3 is 2.